The second-order valence-electron chi connectivity index (χ2n) is 26.4. The maximum atomic E-state index is 12.0. The van der Waals surface area contributed by atoms with Crippen LogP contribution in [0.3, 0.4) is 0 Å². The first-order valence-electron chi connectivity index (χ1n) is 39.8. The lowest BCUT2D eigenvalue weighted by molar-refractivity contribution is -0.122. The standard InChI is InChI=1S/C40H80N2O4.C20H40N2O4.C18H36N2O4/c1-3-5-7-9-11-13-15-19-23-27-35-45-37-29-33-41-39(43)31-25-21-17-18-22-26-32-40(44)42-34-30-38-46-36-28-24-20-16-14-12-10-8-6-4-2;1-25-17-11-15-21-19(23)13-9-7-5-3-4-6-8-10-14-20(24)22-16-12-18-26-2;1-23-15-9-13-19-17(21)11-7-5-3-4-6-8-12-18(22)20-14-10-16-24-2/h3-38H2,1-2H3,(H,41,43)(H,42,44);3-18H2,1-2H3,(H,21,23)(H,22,24);3-16H2,1-2H3,(H,19,21)(H,20,22). The zero-order valence-corrected chi connectivity index (χ0v) is 63.6. The predicted octanol–water partition coefficient (Wildman–Crippen LogP) is 16.6. The summed E-state index contributed by atoms with van der Waals surface area (Å²) < 4.78 is 31.2. The van der Waals surface area contributed by atoms with Gasteiger partial charge in [0.15, 0.2) is 0 Å². The van der Waals surface area contributed by atoms with Gasteiger partial charge >= 0.3 is 0 Å². The molecule has 0 atom stereocenters. The van der Waals surface area contributed by atoms with E-state index in [4.69, 9.17) is 28.4 Å². The highest BCUT2D eigenvalue weighted by Crippen LogP contribution is 2.15. The molecule has 0 unspecified atom stereocenters. The third-order valence-corrected chi connectivity index (χ3v) is 16.9. The van der Waals surface area contributed by atoms with E-state index in [1.807, 2.05) is 0 Å². The fourth-order valence-corrected chi connectivity index (χ4v) is 10.9. The fraction of sp³-hybridized carbons (Fsp3) is 0.923. The van der Waals surface area contributed by atoms with Crippen molar-refractivity contribution in [2.75, 3.05) is 121 Å². The maximum absolute atomic E-state index is 12.0. The molecule has 18 nitrogen and oxygen atoms in total. The third-order valence-electron chi connectivity index (χ3n) is 16.9. The summed E-state index contributed by atoms with van der Waals surface area (Å²) in [7, 11) is 6.67. The quantitative estimate of drug-likeness (QED) is 0.0313. The van der Waals surface area contributed by atoms with Crippen LogP contribution in [0.25, 0.3) is 0 Å². The Morgan fingerprint density at radius 2 is 0.333 bits per heavy atom. The summed E-state index contributed by atoms with van der Waals surface area (Å²) in [6, 6.07) is 0. The number of carbonyl (C=O) groups excluding carboxylic acids is 6. The molecule has 0 aromatic rings. The SMILES string of the molecule is CCCCCCCCCCCCOCCCNC(=O)CCCCCCCCC(=O)NCCCOCCCCCCCCCCCC.COCCCNC(=O)CCCCCCCCC(=O)NCCCOC.COCCCNC(=O)CCCCCCCCCCC(=O)NCCCOC. The van der Waals surface area contributed by atoms with E-state index in [1.54, 1.807) is 28.4 Å². The zero-order chi connectivity index (χ0) is 70.6. The van der Waals surface area contributed by atoms with Crippen LogP contribution in [0, 0.1) is 0 Å². The van der Waals surface area contributed by atoms with Gasteiger partial charge in [-0.2, -0.15) is 0 Å². The number of nitrogens with one attached hydrogen (secondary N) is 6. The first-order chi connectivity index (χ1) is 47.1. The molecule has 96 heavy (non-hydrogen) atoms. The van der Waals surface area contributed by atoms with Gasteiger partial charge in [-0.15, -0.1) is 0 Å². The molecule has 0 fully saturated rings. The minimum Gasteiger partial charge on any atom is -0.385 e. The summed E-state index contributed by atoms with van der Waals surface area (Å²) in [6.45, 7) is 14.7. The summed E-state index contributed by atoms with van der Waals surface area (Å²) in [5.41, 5.74) is 0. The molecule has 0 heterocycles. The molecule has 0 saturated heterocycles. The number of amides is 6. The molecular formula is C78H156N6O12. The van der Waals surface area contributed by atoms with Gasteiger partial charge in [-0.3, -0.25) is 28.8 Å². The highest BCUT2D eigenvalue weighted by Gasteiger charge is 2.07. The molecule has 0 aliphatic carbocycles. The van der Waals surface area contributed by atoms with Crippen LogP contribution >= 0.6 is 0 Å². The van der Waals surface area contributed by atoms with E-state index in [0.29, 0.717) is 104 Å². The van der Waals surface area contributed by atoms with Crippen molar-refractivity contribution in [2.45, 2.75) is 348 Å². The Labute approximate surface area is 590 Å². The second kappa shape index (κ2) is 87.7. The average molecular weight is 1370 g/mol. The number of ether oxygens (including phenoxy) is 6. The summed E-state index contributed by atoms with van der Waals surface area (Å²) in [5.74, 6) is 0.904. The van der Waals surface area contributed by atoms with Gasteiger partial charge in [0, 0.05) is 159 Å². The predicted molar refractivity (Wildman–Crippen MR) is 399 cm³/mol. The monoisotopic (exact) mass is 1370 g/mol. The van der Waals surface area contributed by atoms with Gasteiger partial charge in [0.2, 0.25) is 35.4 Å². The number of unbranched alkanes of at least 4 members (excludes halogenated alkanes) is 35. The average Bonchev–Trinajstić information content (AvgIpc) is 3.66. The minimum atomic E-state index is 0.135. The largest absolute Gasteiger partial charge is 0.385 e. The summed E-state index contributed by atoms with van der Waals surface area (Å²) >= 11 is 0. The Bertz CT molecular complexity index is 1500. The summed E-state index contributed by atoms with van der Waals surface area (Å²) in [6.07, 6.45) is 57.5. The first-order valence-corrected chi connectivity index (χ1v) is 39.8. The van der Waals surface area contributed by atoms with Crippen molar-refractivity contribution in [2.24, 2.45) is 0 Å². The molecule has 18 heteroatoms. The van der Waals surface area contributed by atoms with Gasteiger partial charge < -0.3 is 60.3 Å². The molecule has 0 aromatic carbocycles. The van der Waals surface area contributed by atoms with Crippen LogP contribution < -0.4 is 31.9 Å². The van der Waals surface area contributed by atoms with Crippen LogP contribution in [-0.4, -0.2) is 156 Å². The fourth-order valence-electron chi connectivity index (χ4n) is 10.9. The smallest absolute Gasteiger partial charge is 0.219 e. The molecule has 0 aromatic heterocycles. The molecule has 0 spiro atoms. The number of hydrogen-bond donors (Lipinski definition) is 6. The van der Waals surface area contributed by atoms with Crippen molar-refractivity contribution >= 4 is 35.4 Å². The van der Waals surface area contributed by atoms with Crippen LogP contribution in [0.4, 0.5) is 0 Å². The highest BCUT2D eigenvalue weighted by atomic mass is 16.5. The Hall–Kier alpha value is -3.42. The zero-order valence-electron chi connectivity index (χ0n) is 63.6. The molecule has 6 amide bonds. The van der Waals surface area contributed by atoms with E-state index < -0.39 is 0 Å². The van der Waals surface area contributed by atoms with E-state index in [1.165, 1.54) is 141 Å². The van der Waals surface area contributed by atoms with E-state index in [2.05, 4.69) is 45.7 Å². The molecule has 0 aliphatic heterocycles. The van der Waals surface area contributed by atoms with Crippen LogP contribution in [0.1, 0.15) is 348 Å². The molecule has 0 aliphatic rings. The number of rotatable bonds is 75. The van der Waals surface area contributed by atoms with Gasteiger partial charge in [0.05, 0.1) is 0 Å². The molecule has 0 rings (SSSR count). The topological polar surface area (TPSA) is 230 Å². The Morgan fingerprint density at radius 3 is 0.510 bits per heavy atom. The minimum absolute atomic E-state index is 0.135. The van der Waals surface area contributed by atoms with Crippen LogP contribution in [-0.2, 0) is 57.2 Å². The van der Waals surface area contributed by atoms with Crippen molar-refractivity contribution in [1.82, 2.24) is 31.9 Å². The molecular weight excluding hydrogens is 1210 g/mol. The Morgan fingerprint density at radius 1 is 0.188 bits per heavy atom. The van der Waals surface area contributed by atoms with E-state index in [-0.39, 0.29) is 35.4 Å². The van der Waals surface area contributed by atoms with Gasteiger partial charge in [-0.1, -0.05) is 219 Å². The van der Waals surface area contributed by atoms with Crippen LogP contribution in [0.2, 0.25) is 0 Å². The van der Waals surface area contributed by atoms with Crippen LogP contribution in [0.15, 0.2) is 0 Å². The molecule has 570 valence electrons. The molecule has 6 N–H and O–H groups in total. The first kappa shape index (κ1) is 96.8. The Balaban J connectivity index is -0.00000147. The normalized spacial score (nSPS) is 10.9. The van der Waals surface area contributed by atoms with E-state index in [0.717, 1.165) is 181 Å². The lowest BCUT2D eigenvalue weighted by atomic mass is 10.1. The Kier molecular flexibility index (Phi) is 88.4. The summed E-state index contributed by atoms with van der Waals surface area (Å²) in [5, 5.41) is 17.7. The van der Waals surface area contributed by atoms with Gasteiger partial charge in [0.25, 0.3) is 0 Å². The molecule has 0 saturated carbocycles. The lowest BCUT2D eigenvalue weighted by Crippen LogP contribution is -2.25. The van der Waals surface area contributed by atoms with Crippen molar-refractivity contribution in [3.63, 3.8) is 0 Å². The van der Waals surface area contributed by atoms with Gasteiger partial charge in [-0.05, 0) is 89.9 Å². The third kappa shape index (κ3) is 90.6. The number of methoxy groups -OCH3 is 4. The number of hydrogen-bond acceptors (Lipinski definition) is 12. The van der Waals surface area contributed by atoms with Crippen molar-refractivity contribution in [3.05, 3.63) is 0 Å². The molecule has 0 radical (unpaired) electrons. The van der Waals surface area contributed by atoms with E-state index >= 15 is 0 Å². The maximum Gasteiger partial charge on any atom is 0.219 e. The van der Waals surface area contributed by atoms with E-state index in [9.17, 15) is 28.8 Å². The van der Waals surface area contributed by atoms with Gasteiger partial charge in [0.1, 0.15) is 0 Å². The lowest BCUT2D eigenvalue weighted by Gasteiger charge is -2.07. The summed E-state index contributed by atoms with van der Waals surface area (Å²) in [4.78, 5) is 70.3. The van der Waals surface area contributed by atoms with Crippen molar-refractivity contribution < 1.29 is 57.2 Å². The van der Waals surface area contributed by atoms with Crippen LogP contribution in [0.5, 0.6) is 0 Å². The second-order valence-corrected chi connectivity index (χ2v) is 26.4. The van der Waals surface area contributed by atoms with Gasteiger partial charge in [-0.25, -0.2) is 0 Å². The highest BCUT2D eigenvalue weighted by molar-refractivity contribution is 5.77. The molecule has 0 bridgehead atoms. The number of carbonyl (C=O) groups is 6. The van der Waals surface area contributed by atoms with Crippen molar-refractivity contribution in [3.8, 4) is 0 Å². The van der Waals surface area contributed by atoms with Crippen molar-refractivity contribution in [1.29, 1.82) is 0 Å².